The summed E-state index contributed by atoms with van der Waals surface area (Å²) in [6.07, 6.45) is 1.90. The maximum Gasteiger partial charge on any atom is 0.277 e. The van der Waals surface area contributed by atoms with E-state index in [0.29, 0.717) is 23.4 Å². The molecule has 0 aliphatic carbocycles. The van der Waals surface area contributed by atoms with E-state index < -0.39 is 0 Å². The molecule has 0 unspecified atom stereocenters. The minimum atomic E-state index is -0.0149. The van der Waals surface area contributed by atoms with E-state index >= 15 is 0 Å². The summed E-state index contributed by atoms with van der Waals surface area (Å²) in [6, 6.07) is 10.2. The smallest absolute Gasteiger partial charge is 0.277 e. The summed E-state index contributed by atoms with van der Waals surface area (Å²) in [5.41, 5.74) is 1.29. The van der Waals surface area contributed by atoms with Crippen molar-refractivity contribution in [1.82, 2.24) is 15.5 Å². The quantitative estimate of drug-likeness (QED) is 0.626. The number of carbonyl (C=O) groups excluding carboxylic acids is 1. The first-order valence-electron chi connectivity index (χ1n) is 6.47. The average molecular weight is 291 g/mol. The van der Waals surface area contributed by atoms with Gasteiger partial charge in [-0.25, -0.2) is 0 Å². The van der Waals surface area contributed by atoms with Gasteiger partial charge in [-0.2, -0.15) is 0 Å². The van der Waals surface area contributed by atoms with Gasteiger partial charge in [-0.15, -0.1) is 10.2 Å². The molecule has 6 heteroatoms. The third kappa shape index (κ3) is 5.05. The van der Waals surface area contributed by atoms with E-state index in [4.69, 9.17) is 4.42 Å². The number of nitrogens with one attached hydrogen (secondary N) is 1. The monoisotopic (exact) mass is 291 g/mol. The predicted octanol–water partition coefficient (Wildman–Crippen LogP) is 2.22. The van der Waals surface area contributed by atoms with Crippen LogP contribution in [-0.4, -0.2) is 28.4 Å². The summed E-state index contributed by atoms with van der Waals surface area (Å²) < 4.78 is 5.18. The molecule has 0 saturated heterocycles. The van der Waals surface area contributed by atoms with Crippen molar-refractivity contribution in [3.63, 3.8) is 0 Å². The highest BCUT2D eigenvalue weighted by Gasteiger charge is 2.07. The van der Waals surface area contributed by atoms with E-state index in [1.807, 2.05) is 18.2 Å². The number of amides is 1. The third-order valence-corrected chi connectivity index (χ3v) is 3.46. The first kappa shape index (κ1) is 14.6. The van der Waals surface area contributed by atoms with Crippen LogP contribution in [0, 0.1) is 6.92 Å². The van der Waals surface area contributed by atoms with Crippen LogP contribution in [0.4, 0.5) is 0 Å². The second-order valence-corrected chi connectivity index (χ2v) is 5.24. The van der Waals surface area contributed by atoms with Crippen LogP contribution in [0.2, 0.25) is 0 Å². The molecule has 0 bridgehead atoms. The van der Waals surface area contributed by atoms with Crippen LogP contribution in [0.15, 0.2) is 40.0 Å². The van der Waals surface area contributed by atoms with E-state index in [2.05, 4.69) is 27.6 Å². The molecule has 0 spiro atoms. The summed E-state index contributed by atoms with van der Waals surface area (Å²) in [5, 5.41) is 10.8. The first-order valence-corrected chi connectivity index (χ1v) is 7.46. The highest BCUT2D eigenvalue weighted by atomic mass is 32.2. The zero-order valence-electron chi connectivity index (χ0n) is 11.3. The van der Waals surface area contributed by atoms with Crippen LogP contribution in [0.1, 0.15) is 17.9 Å². The average Bonchev–Trinajstić information content (AvgIpc) is 2.88. The molecule has 0 fully saturated rings. The van der Waals surface area contributed by atoms with Crippen molar-refractivity contribution in [2.75, 3.05) is 12.3 Å². The lowest BCUT2D eigenvalue weighted by molar-refractivity contribution is -0.118. The Hall–Kier alpha value is -1.82. The normalized spacial score (nSPS) is 10.4. The Kier molecular flexibility index (Phi) is 5.61. The summed E-state index contributed by atoms with van der Waals surface area (Å²) in [7, 11) is 0. The Morgan fingerprint density at radius 2 is 2.10 bits per heavy atom. The molecule has 0 atom stereocenters. The maximum absolute atomic E-state index is 11.6. The molecule has 0 aliphatic heterocycles. The molecule has 106 valence electrons. The van der Waals surface area contributed by atoms with Gasteiger partial charge in [0.1, 0.15) is 0 Å². The molecule has 2 rings (SSSR count). The van der Waals surface area contributed by atoms with Crippen molar-refractivity contribution in [2.24, 2.45) is 0 Å². The molecule has 0 saturated carbocycles. The van der Waals surface area contributed by atoms with Gasteiger partial charge in [0.25, 0.3) is 5.22 Å². The van der Waals surface area contributed by atoms with E-state index in [0.717, 1.165) is 12.8 Å². The molecule has 0 radical (unpaired) electrons. The summed E-state index contributed by atoms with van der Waals surface area (Å²) >= 11 is 1.25. The molecule has 1 aromatic carbocycles. The lowest BCUT2D eigenvalue weighted by Gasteiger charge is -2.04. The second kappa shape index (κ2) is 7.69. The lowest BCUT2D eigenvalue weighted by atomic mass is 10.1. The first-order chi connectivity index (χ1) is 9.74. The van der Waals surface area contributed by atoms with Gasteiger partial charge in [-0.1, -0.05) is 42.1 Å². The number of hydrogen-bond donors (Lipinski definition) is 1. The number of rotatable bonds is 7. The molecule has 1 N–H and O–H groups in total. The van der Waals surface area contributed by atoms with Crippen molar-refractivity contribution >= 4 is 17.7 Å². The fourth-order valence-corrected chi connectivity index (χ4v) is 2.31. The summed E-state index contributed by atoms with van der Waals surface area (Å²) in [4.78, 5) is 11.6. The van der Waals surface area contributed by atoms with Crippen LogP contribution < -0.4 is 5.32 Å². The van der Waals surface area contributed by atoms with Crippen molar-refractivity contribution in [2.45, 2.75) is 25.0 Å². The summed E-state index contributed by atoms with van der Waals surface area (Å²) in [6.45, 7) is 2.40. The lowest BCUT2D eigenvalue weighted by Crippen LogP contribution is -2.26. The predicted molar refractivity (Wildman–Crippen MR) is 77.5 cm³/mol. The second-order valence-electron chi connectivity index (χ2n) is 4.31. The van der Waals surface area contributed by atoms with Gasteiger partial charge in [0.2, 0.25) is 11.8 Å². The van der Waals surface area contributed by atoms with Crippen LogP contribution in [0.25, 0.3) is 0 Å². The maximum atomic E-state index is 11.6. The van der Waals surface area contributed by atoms with Crippen molar-refractivity contribution < 1.29 is 9.21 Å². The van der Waals surface area contributed by atoms with Gasteiger partial charge in [-0.3, -0.25) is 4.79 Å². The number of benzene rings is 1. The van der Waals surface area contributed by atoms with Gasteiger partial charge in [0.05, 0.1) is 5.75 Å². The van der Waals surface area contributed by atoms with Crippen LogP contribution in [-0.2, 0) is 11.2 Å². The van der Waals surface area contributed by atoms with Crippen LogP contribution >= 0.6 is 11.8 Å². The van der Waals surface area contributed by atoms with Crippen molar-refractivity contribution in [3.05, 3.63) is 41.8 Å². The Bertz CT molecular complexity index is 542. The number of aromatic nitrogens is 2. The number of aryl methyl sites for hydroxylation is 2. The molecular formula is C14H17N3O2S. The highest BCUT2D eigenvalue weighted by Crippen LogP contribution is 2.14. The van der Waals surface area contributed by atoms with E-state index in [9.17, 15) is 4.79 Å². The molecule has 1 heterocycles. The molecule has 2 aromatic rings. The molecular weight excluding hydrogens is 274 g/mol. The van der Waals surface area contributed by atoms with Gasteiger partial charge in [0, 0.05) is 13.5 Å². The molecule has 0 aliphatic rings. The van der Waals surface area contributed by atoms with Gasteiger partial charge >= 0.3 is 0 Å². The van der Waals surface area contributed by atoms with Gasteiger partial charge in [0.15, 0.2) is 0 Å². The number of carbonyl (C=O) groups is 1. The van der Waals surface area contributed by atoms with E-state index in [1.54, 1.807) is 6.92 Å². The Morgan fingerprint density at radius 3 is 2.80 bits per heavy atom. The molecule has 20 heavy (non-hydrogen) atoms. The van der Waals surface area contributed by atoms with Crippen LogP contribution in [0.5, 0.6) is 0 Å². The standard InChI is InChI=1S/C14H17N3O2S/c1-11-16-17-14(19-11)20-10-13(18)15-9-5-8-12-6-3-2-4-7-12/h2-4,6-7H,5,8-10H2,1H3,(H,15,18). The fraction of sp³-hybridized carbons (Fsp3) is 0.357. The highest BCUT2D eigenvalue weighted by molar-refractivity contribution is 7.99. The zero-order chi connectivity index (χ0) is 14.2. The SMILES string of the molecule is Cc1nnc(SCC(=O)NCCCc2ccccc2)o1. The van der Waals surface area contributed by atoms with E-state index in [1.165, 1.54) is 17.3 Å². The Balaban J connectivity index is 1.58. The van der Waals surface area contributed by atoms with Crippen molar-refractivity contribution in [1.29, 1.82) is 0 Å². The minimum Gasteiger partial charge on any atom is -0.416 e. The molecule has 1 amide bonds. The molecule has 1 aromatic heterocycles. The number of hydrogen-bond acceptors (Lipinski definition) is 5. The van der Waals surface area contributed by atoms with Crippen molar-refractivity contribution in [3.8, 4) is 0 Å². The Labute approximate surface area is 122 Å². The van der Waals surface area contributed by atoms with Gasteiger partial charge in [-0.05, 0) is 18.4 Å². The minimum absolute atomic E-state index is 0.0149. The fourth-order valence-electron chi connectivity index (χ4n) is 1.68. The van der Waals surface area contributed by atoms with Crippen LogP contribution in [0.3, 0.4) is 0 Å². The number of nitrogens with zero attached hydrogens (tertiary/aromatic N) is 2. The third-order valence-electron chi connectivity index (χ3n) is 2.64. The zero-order valence-corrected chi connectivity index (χ0v) is 12.2. The largest absolute Gasteiger partial charge is 0.416 e. The summed E-state index contributed by atoms with van der Waals surface area (Å²) in [5.74, 6) is 0.794. The Morgan fingerprint density at radius 1 is 1.30 bits per heavy atom. The molecule has 5 nitrogen and oxygen atoms in total. The topological polar surface area (TPSA) is 68.0 Å². The van der Waals surface area contributed by atoms with Gasteiger partial charge < -0.3 is 9.73 Å². The number of thioether (sulfide) groups is 1. The van der Waals surface area contributed by atoms with E-state index in [-0.39, 0.29) is 5.91 Å².